The van der Waals surface area contributed by atoms with Crippen molar-refractivity contribution in [3.05, 3.63) is 82.7 Å². The average molecular weight is 363 g/mol. The van der Waals surface area contributed by atoms with Gasteiger partial charge in [-0.2, -0.15) is 0 Å². The first-order valence-electron chi connectivity index (χ1n) is 8.71. The van der Waals surface area contributed by atoms with Gasteiger partial charge in [-0.05, 0) is 25.1 Å². The highest BCUT2D eigenvalue weighted by Gasteiger charge is 2.13. The Morgan fingerprint density at radius 2 is 1.93 bits per heavy atom. The van der Waals surface area contributed by atoms with E-state index in [4.69, 9.17) is 4.74 Å². The van der Waals surface area contributed by atoms with Crippen LogP contribution in [0.25, 0.3) is 22.3 Å². The van der Waals surface area contributed by atoms with Gasteiger partial charge in [0.25, 0.3) is 0 Å². The van der Waals surface area contributed by atoms with Gasteiger partial charge in [-0.25, -0.2) is 14.2 Å². The molecule has 27 heavy (non-hydrogen) atoms. The fourth-order valence-corrected chi connectivity index (χ4v) is 3.12. The van der Waals surface area contributed by atoms with Crippen molar-refractivity contribution in [3.63, 3.8) is 0 Å². The van der Waals surface area contributed by atoms with Crippen LogP contribution in [-0.2, 0) is 6.54 Å². The van der Waals surface area contributed by atoms with Crippen LogP contribution in [0, 0.1) is 5.82 Å². The summed E-state index contributed by atoms with van der Waals surface area (Å²) in [6.45, 7) is 2.61. The predicted octanol–water partition coefficient (Wildman–Crippen LogP) is 3.98. The lowest BCUT2D eigenvalue weighted by Crippen LogP contribution is -2.17. The lowest BCUT2D eigenvalue weighted by Gasteiger charge is -2.10. The molecule has 0 aliphatic heterocycles. The van der Waals surface area contributed by atoms with Crippen LogP contribution in [0.3, 0.4) is 0 Å². The molecule has 0 bridgehead atoms. The molecule has 0 fully saturated rings. The van der Waals surface area contributed by atoms with Gasteiger partial charge in [0.15, 0.2) is 5.65 Å². The van der Waals surface area contributed by atoms with Crippen LogP contribution in [0.5, 0.6) is 5.75 Å². The number of rotatable bonds is 5. The molecule has 4 rings (SSSR count). The molecular formula is C21H18FN3O2. The summed E-state index contributed by atoms with van der Waals surface area (Å²) < 4.78 is 21.2. The summed E-state index contributed by atoms with van der Waals surface area (Å²) in [5.74, 6) is 0.407. The smallest absolute Gasteiger partial charge is 0.327 e. The second kappa shape index (κ2) is 7.07. The van der Waals surface area contributed by atoms with Gasteiger partial charge in [0.05, 0.1) is 18.7 Å². The van der Waals surface area contributed by atoms with Crippen molar-refractivity contribution in [3.8, 4) is 16.9 Å². The van der Waals surface area contributed by atoms with Gasteiger partial charge in [0.1, 0.15) is 11.6 Å². The van der Waals surface area contributed by atoms with E-state index in [1.165, 1.54) is 10.6 Å². The van der Waals surface area contributed by atoms with Crippen LogP contribution in [0.4, 0.5) is 4.39 Å². The number of hydrogen-bond donors (Lipinski definition) is 1. The van der Waals surface area contributed by atoms with E-state index < -0.39 is 0 Å². The first-order valence-corrected chi connectivity index (χ1v) is 8.71. The minimum Gasteiger partial charge on any atom is -0.493 e. The highest BCUT2D eigenvalue weighted by Crippen LogP contribution is 2.30. The second-order valence-corrected chi connectivity index (χ2v) is 6.13. The minimum atomic E-state index is -0.343. The first kappa shape index (κ1) is 17.0. The van der Waals surface area contributed by atoms with Crippen molar-refractivity contribution in [1.82, 2.24) is 14.5 Å². The van der Waals surface area contributed by atoms with E-state index in [0.717, 1.165) is 16.9 Å². The zero-order chi connectivity index (χ0) is 18.8. The number of aromatic amines is 1. The maximum atomic E-state index is 14.0. The molecule has 0 atom stereocenters. The Morgan fingerprint density at radius 1 is 1.15 bits per heavy atom. The number of fused-ring (bicyclic) bond motifs is 1. The zero-order valence-electron chi connectivity index (χ0n) is 14.8. The van der Waals surface area contributed by atoms with Gasteiger partial charge in [0.2, 0.25) is 0 Å². The number of halogens is 1. The Labute approximate surface area is 155 Å². The van der Waals surface area contributed by atoms with E-state index in [1.807, 2.05) is 37.3 Å². The highest BCUT2D eigenvalue weighted by atomic mass is 19.1. The fraction of sp³-hybridized carbons (Fsp3) is 0.143. The zero-order valence-corrected chi connectivity index (χ0v) is 14.8. The van der Waals surface area contributed by atoms with E-state index in [2.05, 4.69) is 9.97 Å². The molecule has 0 amide bonds. The number of ether oxygens (including phenoxy) is 1. The summed E-state index contributed by atoms with van der Waals surface area (Å²) in [4.78, 5) is 19.5. The SMILES string of the molecule is CCOc1ccccc1-c1cnc2[nH]c(=O)n(Cc3ccccc3F)c2c1. The van der Waals surface area contributed by atoms with Crippen molar-refractivity contribution in [2.45, 2.75) is 13.5 Å². The Hall–Kier alpha value is -3.41. The second-order valence-electron chi connectivity index (χ2n) is 6.13. The minimum absolute atomic E-state index is 0.129. The average Bonchev–Trinajstić information content (AvgIpc) is 2.99. The molecule has 0 saturated carbocycles. The number of H-pyrrole nitrogens is 1. The van der Waals surface area contributed by atoms with Crippen molar-refractivity contribution in [2.24, 2.45) is 0 Å². The predicted molar refractivity (Wildman–Crippen MR) is 102 cm³/mol. The Balaban J connectivity index is 1.83. The van der Waals surface area contributed by atoms with Gasteiger partial charge in [0, 0.05) is 22.9 Å². The normalized spacial score (nSPS) is 11.0. The van der Waals surface area contributed by atoms with E-state index in [0.29, 0.717) is 23.3 Å². The van der Waals surface area contributed by atoms with Crippen LogP contribution < -0.4 is 10.4 Å². The summed E-state index contributed by atoms with van der Waals surface area (Å²) >= 11 is 0. The molecule has 1 N–H and O–H groups in total. The fourth-order valence-electron chi connectivity index (χ4n) is 3.12. The monoisotopic (exact) mass is 363 g/mol. The summed E-state index contributed by atoms with van der Waals surface area (Å²) in [5, 5.41) is 0. The molecule has 0 aliphatic rings. The molecule has 6 heteroatoms. The van der Waals surface area contributed by atoms with Crippen LogP contribution in [0.2, 0.25) is 0 Å². The van der Waals surface area contributed by atoms with Crippen LogP contribution >= 0.6 is 0 Å². The number of benzene rings is 2. The number of para-hydroxylation sites is 1. The van der Waals surface area contributed by atoms with E-state index in [9.17, 15) is 9.18 Å². The summed E-state index contributed by atoms with van der Waals surface area (Å²) in [5.41, 5.74) is 2.92. The summed E-state index contributed by atoms with van der Waals surface area (Å²) in [6.07, 6.45) is 1.70. The van der Waals surface area contributed by atoms with Crippen LogP contribution in [0.15, 0.2) is 65.6 Å². The summed E-state index contributed by atoms with van der Waals surface area (Å²) in [7, 11) is 0. The molecule has 0 aliphatic carbocycles. The third-order valence-electron chi connectivity index (χ3n) is 4.41. The molecule has 0 spiro atoms. The Morgan fingerprint density at radius 3 is 2.74 bits per heavy atom. The van der Waals surface area contributed by atoms with Gasteiger partial charge >= 0.3 is 5.69 Å². The molecule has 5 nitrogen and oxygen atoms in total. The molecule has 0 unspecified atom stereocenters. The van der Waals surface area contributed by atoms with Crippen molar-refractivity contribution in [2.75, 3.05) is 6.61 Å². The molecule has 2 aromatic carbocycles. The molecule has 4 aromatic rings. The van der Waals surface area contributed by atoms with Gasteiger partial charge in [-0.15, -0.1) is 0 Å². The number of nitrogens with one attached hydrogen (secondary N) is 1. The number of pyridine rings is 1. The van der Waals surface area contributed by atoms with Gasteiger partial charge in [-0.3, -0.25) is 9.55 Å². The molecule has 2 heterocycles. The van der Waals surface area contributed by atoms with E-state index in [-0.39, 0.29) is 18.1 Å². The van der Waals surface area contributed by atoms with E-state index in [1.54, 1.807) is 24.4 Å². The highest BCUT2D eigenvalue weighted by molar-refractivity contribution is 5.80. The lowest BCUT2D eigenvalue weighted by atomic mass is 10.1. The first-order chi connectivity index (χ1) is 13.2. The standard InChI is InChI=1S/C21H18FN3O2/c1-2-27-19-10-6-4-8-16(19)15-11-18-20(23-12-15)24-21(26)25(18)13-14-7-3-5-9-17(14)22/h3-12H,2,13H2,1H3,(H,23,24,26). The number of hydrogen-bond acceptors (Lipinski definition) is 3. The van der Waals surface area contributed by atoms with Crippen molar-refractivity contribution >= 4 is 11.2 Å². The molecule has 136 valence electrons. The summed E-state index contributed by atoms with van der Waals surface area (Å²) in [6, 6.07) is 16.0. The molecule has 0 radical (unpaired) electrons. The number of nitrogens with zero attached hydrogens (tertiary/aromatic N) is 2. The third kappa shape index (κ3) is 3.21. The number of aromatic nitrogens is 3. The van der Waals surface area contributed by atoms with Crippen molar-refractivity contribution in [1.29, 1.82) is 0 Å². The molecular weight excluding hydrogens is 345 g/mol. The molecule has 0 saturated heterocycles. The Kier molecular flexibility index (Phi) is 4.46. The molecule has 2 aromatic heterocycles. The third-order valence-corrected chi connectivity index (χ3v) is 4.41. The van der Waals surface area contributed by atoms with Crippen LogP contribution in [0.1, 0.15) is 12.5 Å². The van der Waals surface area contributed by atoms with E-state index >= 15 is 0 Å². The largest absolute Gasteiger partial charge is 0.493 e. The van der Waals surface area contributed by atoms with Crippen LogP contribution in [-0.4, -0.2) is 21.1 Å². The maximum Gasteiger partial charge on any atom is 0.327 e. The topological polar surface area (TPSA) is 59.9 Å². The van der Waals surface area contributed by atoms with Gasteiger partial charge in [-0.1, -0.05) is 36.4 Å². The van der Waals surface area contributed by atoms with Gasteiger partial charge < -0.3 is 4.74 Å². The lowest BCUT2D eigenvalue weighted by molar-refractivity contribution is 0.341. The number of imidazole rings is 1. The maximum absolute atomic E-state index is 14.0. The quantitative estimate of drug-likeness (QED) is 0.583. The Bertz CT molecular complexity index is 1160. The van der Waals surface area contributed by atoms with Crippen molar-refractivity contribution < 1.29 is 9.13 Å².